The van der Waals surface area contributed by atoms with E-state index in [9.17, 15) is 4.79 Å². The molecule has 6 heteroatoms. The van der Waals surface area contributed by atoms with Crippen molar-refractivity contribution in [3.8, 4) is 0 Å². The van der Waals surface area contributed by atoms with Crippen LogP contribution in [0.5, 0.6) is 0 Å². The number of likely N-dealkylation sites (tertiary alicyclic amines) is 1. The summed E-state index contributed by atoms with van der Waals surface area (Å²) in [6.07, 6.45) is 1.25. The molecule has 0 aliphatic carbocycles. The maximum atomic E-state index is 13.1. The van der Waals surface area contributed by atoms with Crippen LogP contribution in [0.25, 0.3) is 10.2 Å². The Morgan fingerprint density at radius 1 is 1.18 bits per heavy atom. The predicted octanol–water partition coefficient (Wildman–Crippen LogP) is 0.473. The maximum absolute atomic E-state index is 13.1. The van der Waals surface area contributed by atoms with Crippen molar-refractivity contribution in [2.75, 3.05) is 39.3 Å². The number of amides is 1. The van der Waals surface area contributed by atoms with Gasteiger partial charge in [0.1, 0.15) is 37.7 Å². The monoisotopic (exact) mass is 402 g/mol. The molecule has 2 fully saturated rings. The SMILES string of the molecule is C[C@H]1C[C@H](C)CN(C(=O)[C@@H](C)[NH+]2CC[NH+](Cc3nc4ccccc4s3)CC2)C1. The van der Waals surface area contributed by atoms with Crippen LogP contribution in [-0.4, -0.2) is 61.1 Å². The highest BCUT2D eigenvalue weighted by Gasteiger charge is 2.35. The maximum Gasteiger partial charge on any atom is 0.280 e. The van der Waals surface area contributed by atoms with Crippen LogP contribution >= 0.6 is 11.3 Å². The van der Waals surface area contributed by atoms with Crippen LogP contribution in [0.4, 0.5) is 0 Å². The molecule has 4 rings (SSSR count). The Morgan fingerprint density at radius 2 is 1.86 bits per heavy atom. The molecule has 0 radical (unpaired) electrons. The number of carbonyl (C=O) groups excluding carboxylic acids is 1. The number of piperazine rings is 1. The summed E-state index contributed by atoms with van der Waals surface area (Å²) in [7, 11) is 0. The number of nitrogens with one attached hydrogen (secondary N) is 2. The van der Waals surface area contributed by atoms with Crippen LogP contribution in [-0.2, 0) is 11.3 Å². The van der Waals surface area contributed by atoms with Gasteiger partial charge in [-0.3, -0.25) is 4.79 Å². The molecule has 2 aromatic rings. The Morgan fingerprint density at radius 3 is 2.54 bits per heavy atom. The van der Waals surface area contributed by atoms with Crippen LogP contribution in [0.1, 0.15) is 32.2 Å². The van der Waals surface area contributed by atoms with E-state index in [1.807, 2.05) is 11.3 Å². The van der Waals surface area contributed by atoms with E-state index in [1.165, 1.54) is 21.0 Å². The van der Waals surface area contributed by atoms with Crippen molar-refractivity contribution in [2.45, 2.75) is 39.8 Å². The lowest BCUT2D eigenvalue weighted by atomic mass is 9.91. The second-order valence-corrected chi connectivity index (χ2v) is 10.2. The second-order valence-electron chi connectivity index (χ2n) is 9.07. The normalized spacial score (nSPS) is 29.8. The lowest BCUT2D eigenvalue weighted by molar-refractivity contribution is -1.02. The summed E-state index contributed by atoms with van der Waals surface area (Å²) in [5.74, 6) is 1.62. The highest BCUT2D eigenvalue weighted by atomic mass is 32.1. The van der Waals surface area contributed by atoms with E-state index < -0.39 is 0 Å². The number of hydrogen-bond acceptors (Lipinski definition) is 3. The summed E-state index contributed by atoms with van der Waals surface area (Å²) < 4.78 is 1.28. The zero-order chi connectivity index (χ0) is 19.7. The van der Waals surface area contributed by atoms with Gasteiger partial charge in [-0.25, -0.2) is 4.98 Å². The summed E-state index contributed by atoms with van der Waals surface area (Å²) >= 11 is 1.82. The van der Waals surface area contributed by atoms with Crippen LogP contribution in [0.3, 0.4) is 0 Å². The lowest BCUT2D eigenvalue weighted by Crippen LogP contribution is -3.29. The fourth-order valence-electron chi connectivity index (χ4n) is 5.04. The fourth-order valence-corrected chi connectivity index (χ4v) is 6.07. The highest BCUT2D eigenvalue weighted by Crippen LogP contribution is 2.22. The fraction of sp³-hybridized carbons (Fsp3) is 0.636. The number of quaternary nitrogens is 2. The van der Waals surface area contributed by atoms with Crippen molar-refractivity contribution in [2.24, 2.45) is 11.8 Å². The van der Waals surface area contributed by atoms with Crippen molar-refractivity contribution in [1.29, 1.82) is 0 Å². The summed E-state index contributed by atoms with van der Waals surface area (Å²) in [6.45, 7) is 14.0. The van der Waals surface area contributed by atoms with Crippen LogP contribution in [0.15, 0.2) is 24.3 Å². The van der Waals surface area contributed by atoms with Gasteiger partial charge < -0.3 is 14.7 Å². The largest absolute Gasteiger partial charge is 0.337 e. The zero-order valence-corrected chi connectivity index (χ0v) is 18.2. The molecule has 0 bridgehead atoms. The van der Waals surface area contributed by atoms with Gasteiger partial charge in [-0.2, -0.15) is 0 Å². The third-order valence-corrected chi connectivity index (χ3v) is 7.54. The van der Waals surface area contributed by atoms with E-state index in [2.05, 4.69) is 49.9 Å². The number of benzene rings is 1. The van der Waals surface area contributed by atoms with Gasteiger partial charge in [0.25, 0.3) is 5.91 Å². The van der Waals surface area contributed by atoms with Gasteiger partial charge in [0, 0.05) is 13.1 Å². The molecular formula is C22H34N4OS+2. The number of nitrogens with zero attached hydrogens (tertiary/aromatic N) is 2. The quantitative estimate of drug-likeness (QED) is 0.781. The Hall–Kier alpha value is -1.50. The predicted molar refractivity (Wildman–Crippen MR) is 114 cm³/mol. The molecule has 0 spiro atoms. The first kappa shape index (κ1) is 19.8. The number of carbonyl (C=O) groups is 1. The van der Waals surface area contributed by atoms with Crippen LogP contribution in [0, 0.1) is 11.8 Å². The van der Waals surface area contributed by atoms with E-state index in [1.54, 1.807) is 4.90 Å². The Balaban J connectivity index is 1.30. The molecule has 2 aliphatic rings. The number of para-hydroxylation sites is 1. The van der Waals surface area contributed by atoms with E-state index in [4.69, 9.17) is 4.98 Å². The Labute approximate surface area is 172 Å². The molecule has 1 amide bonds. The molecule has 28 heavy (non-hydrogen) atoms. The van der Waals surface area contributed by atoms with Crippen molar-refractivity contribution in [3.63, 3.8) is 0 Å². The molecule has 0 saturated carbocycles. The topological polar surface area (TPSA) is 42.1 Å². The molecule has 0 unspecified atom stereocenters. The van der Waals surface area contributed by atoms with Gasteiger partial charge in [-0.15, -0.1) is 11.3 Å². The smallest absolute Gasteiger partial charge is 0.280 e. The molecule has 5 nitrogen and oxygen atoms in total. The zero-order valence-electron chi connectivity index (χ0n) is 17.4. The summed E-state index contributed by atoms with van der Waals surface area (Å²) in [4.78, 5) is 23.0. The van der Waals surface area contributed by atoms with Gasteiger partial charge in [-0.05, 0) is 37.3 Å². The summed E-state index contributed by atoms with van der Waals surface area (Å²) in [5, 5.41) is 1.24. The van der Waals surface area contributed by atoms with Crippen molar-refractivity contribution in [3.05, 3.63) is 29.3 Å². The third-order valence-electron chi connectivity index (χ3n) is 6.50. The van der Waals surface area contributed by atoms with Crippen LogP contribution < -0.4 is 9.80 Å². The van der Waals surface area contributed by atoms with Crippen molar-refractivity contribution in [1.82, 2.24) is 9.88 Å². The number of fused-ring (bicyclic) bond motifs is 1. The van der Waals surface area contributed by atoms with Crippen molar-refractivity contribution >= 4 is 27.5 Å². The number of aromatic nitrogens is 1. The highest BCUT2D eigenvalue weighted by molar-refractivity contribution is 7.18. The lowest BCUT2D eigenvalue weighted by Gasteiger charge is -2.38. The molecule has 3 atom stereocenters. The van der Waals surface area contributed by atoms with Gasteiger partial charge in [0.2, 0.25) is 0 Å². The van der Waals surface area contributed by atoms with E-state index >= 15 is 0 Å². The minimum absolute atomic E-state index is 0.0847. The van der Waals surface area contributed by atoms with E-state index in [-0.39, 0.29) is 6.04 Å². The molecule has 3 heterocycles. The Bertz CT molecular complexity index is 771. The summed E-state index contributed by atoms with van der Waals surface area (Å²) in [6, 6.07) is 8.48. The summed E-state index contributed by atoms with van der Waals surface area (Å²) in [5.41, 5.74) is 1.12. The van der Waals surface area contributed by atoms with E-state index in [0.29, 0.717) is 17.7 Å². The molecule has 1 aromatic heterocycles. The van der Waals surface area contributed by atoms with Gasteiger partial charge in [0.15, 0.2) is 6.04 Å². The minimum atomic E-state index is 0.0847. The number of hydrogen-bond donors (Lipinski definition) is 2. The number of piperidine rings is 1. The van der Waals surface area contributed by atoms with Crippen molar-refractivity contribution < 1.29 is 14.6 Å². The molecule has 2 saturated heterocycles. The number of thiazole rings is 1. The average molecular weight is 403 g/mol. The average Bonchev–Trinajstić information content (AvgIpc) is 3.09. The molecule has 2 N–H and O–H groups in total. The first-order valence-corrected chi connectivity index (χ1v) is 11.6. The minimum Gasteiger partial charge on any atom is -0.337 e. The standard InChI is InChI=1S/C22H32N4OS/c1-16-12-17(2)14-26(13-16)22(27)18(3)25-10-8-24(9-11-25)15-21-23-19-6-4-5-7-20(19)28-21/h4-7,16-18H,8-15H2,1-3H3/p+2/t16-,17-,18+/m0/s1. The second kappa shape index (κ2) is 8.47. The van der Waals surface area contributed by atoms with Crippen LogP contribution in [0.2, 0.25) is 0 Å². The molecule has 2 aliphatic heterocycles. The Kier molecular flexibility index (Phi) is 5.99. The van der Waals surface area contributed by atoms with Gasteiger partial charge >= 0.3 is 0 Å². The molecule has 152 valence electrons. The molecule has 1 aromatic carbocycles. The first-order chi connectivity index (χ1) is 13.5. The molecular weight excluding hydrogens is 368 g/mol. The third kappa shape index (κ3) is 4.39. The van der Waals surface area contributed by atoms with E-state index in [0.717, 1.165) is 51.3 Å². The van der Waals surface area contributed by atoms with Gasteiger partial charge in [0.05, 0.1) is 10.2 Å². The number of rotatable bonds is 4. The van der Waals surface area contributed by atoms with Gasteiger partial charge in [-0.1, -0.05) is 26.0 Å². The first-order valence-electron chi connectivity index (χ1n) is 10.8.